The van der Waals surface area contributed by atoms with E-state index in [9.17, 15) is 14.9 Å². The van der Waals surface area contributed by atoms with Crippen LogP contribution in [0.1, 0.15) is 55.6 Å². The highest BCUT2D eigenvalue weighted by Crippen LogP contribution is 2.37. The first-order chi connectivity index (χ1) is 27.5. The van der Waals surface area contributed by atoms with Gasteiger partial charge in [-0.3, -0.25) is 29.8 Å². The molecule has 4 aliphatic rings. The summed E-state index contributed by atoms with van der Waals surface area (Å²) in [4.78, 5) is 40.7. The van der Waals surface area contributed by atoms with E-state index in [1.165, 1.54) is 0 Å². The SMILES string of the molecule is N#Cc1cnn2c(-c3cc(NC4CCOCC4)c(-c4nnc(N5CCN(CC6CCN(c7cncc([C@H]8CCC(=O)NC8=O)c7)CC6)CC5)s4)cn3)ccc2c1. The molecular formula is C40H44N12O3S. The van der Waals surface area contributed by atoms with Gasteiger partial charge in [-0.15, -0.1) is 10.2 Å². The van der Waals surface area contributed by atoms with Crippen LogP contribution in [-0.4, -0.2) is 112 Å². The summed E-state index contributed by atoms with van der Waals surface area (Å²) in [5.41, 5.74) is 6.81. The van der Waals surface area contributed by atoms with Crippen LogP contribution in [0.15, 0.2) is 55.1 Å². The van der Waals surface area contributed by atoms with Gasteiger partial charge in [-0.2, -0.15) is 10.4 Å². The number of imide groups is 1. The highest BCUT2D eigenvalue weighted by molar-refractivity contribution is 7.18. The predicted molar refractivity (Wildman–Crippen MR) is 212 cm³/mol. The van der Waals surface area contributed by atoms with Crippen LogP contribution < -0.4 is 20.4 Å². The van der Waals surface area contributed by atoms with Crippen LogP contribution in [0.3, 0.4) is 0 Å². The van der Waals surface area contributed by atoms with Crippen molar-refractivity contribution in [2.75, 3.05) is 74.1 Å². The number of aromatic nitrogens is 6. The molecule has 1 atom stereocenters. The van der Waals surface area contributed by atoms with Gasteiger partial charge in [0.1, 0.15) is 6.07 Å². The van der Waals surface area contributed by atoms with Gasteiger partial charge in [0.25, 0.3) is 0 Å². The summed E-state index contributed by atoms with van der Waals surface area (Å²) in [6.07, 6.45) is 12.1. The van der Waals surface area contributed by atoms with Gasteiger partial charge >= 0.3 is 0 Å². The summed E-state index contributed by atoms with van der Waals surface area (Å²) in [6, 6.07) is 12.4. The van der Waals surface area contributed by atoms with Crippen LogP contribution in [0.2, 0.25) is 0 Å². The van der Waals surface area contributed by atoms with E-state index >= 15 is 0 Å². The number of fused-ring (bicyclic) bond motifs is 1. The van der Waals surface area contributed by atoms with Crippen LogP contribution in [0.4, 0.5) is 16.5 Å². The number of ether oxygens (including phenoxy) is 1. The average molecular weight is 773 g/mol. The summed E-state index contributed by atoms with van der Waals surface area (Å²) in [7, 11) is 0. The Balaban J connectivity index is 0.821. The lowest BCUT2D eigenvalue weighted by Crippen LogP contribution is -2.49. The molecule has 4 aliphatic heterocycles. The number of hydrogen-bond acceptors (Lipinski definition) is 14. The molecule has 0 bridgehead atoms. The van der Waals surface area contributed by atoms with Crippen molar-refractivity contribution in [1.29, 1.82) is 5.26 Å². The van der Waals surface area contributed by atoms with E-state index in [2.05, 4.69) is 63.8 Å². The van der Waals surface area contributed by atoms with Crippen LogP contribution in [0.25, 0.3) is 27.5 Å². The van der Waals surface area contributed by atoms with Crippen molar-refractivity contribution in [3.05, 3.63) is 66.2 Å². The van der Waals surface area contributed by atoms with Crippen LogP contribution in [0, 0.1) is 17.2 Å². The molecule has 0 aliphatic carbocycles. The third-order valence-corrected chi connectivity index (χ3v) is 12.6. The minimum Gasteiger partial charge on any atom is -0.381 e. The lowest BCUT2D eigenvalue weighted by molar-refractivity contribution is -0.134. The minimum absolute atomic E-state index is 0.198. The Labute approximate surface area is 328 Å². The van der Waals surface area contributed by atoms with Crippen LogP contribution in [-0.2, 0) is 14.3 Å². The molecule has 2 N–H and O–H groups in total. The molecule has 16 heteroatoms. The molecule has 288 valence electrons. The zero-order valence-electron chi connectivity index (χ0n) is 31.1. The summed E-state index contributed by atoms with van der Waals surface area (Å²) in [5, 5.41) is 31.2. The number of hydrogen-bond donors (Lipinski definition) is 2. The Bertz CT molecular complexity index is 2260. The zero-order valence-corrected chi connectivity index (χ0v) is 32.0. The van der Waals surface area contributed by atoms with Gasteiger partial charge in [0, 0.05) is 89.6 Å². The quantitative estimate of drug-likeness (QED) is 0.203. The molecule has 4 fully saturated rings. The third kappa shape index (κ3) is 7.66. The van der Waals surface area contributed by atoms with E-state index in [4.69, 9.17) is 9.72 Å². The summed E-state index contributed by atoms with van der Waals surface area (Å²) in [5.74, 6) is -0.110. The second kappa shape index (κ2) is 15.9. The number of anilines is 3. The van der Waals surface area contributed by atoms with Crippen molar-refractivity contribution in [3.63, 3.8) is 0 Å². The van der Waals surface area contributed by atoms with Crippen molar-refractivity contribution in [1.82, 2.24) is 40.0 Å². The molecule has 15 nitrogen and oxygen atoms in total. The largest absolute Gasteiger partial charge is 0.381 e. The number of nitrogens with zero attached hydrogens (tertiary/aromatic N) is 10. The van der Waals surface area contributed by atoms with Crippen molar-refractivity contribution < 1.29 is 14.3 Å². The number of carbonyl (C=O) groups excluding carboxylic acids is 2. The lowest BCUT2D eigenvalue weighted by Gasteiger charge is -2.39. The maximum atomic E-state index is 12.4. The summed E-state index contributed by atoms with van der Waals surface area (Å²) < 4.78 is 7.45. The second-order valence-electron chi connectivity index (χ2n) is 15.1. The summed E-state index contributed by atoms with van der Waals surface area (Å²) >= 11 is 1.61. The Kier molecular flexibility index (Phi) is 10.3. The van der Waals surface area contributed by atoms with E-state index in [0.717, 1.165) is 134 Å². The number of pyridine rings is 2. The number of nitrogens with one attached hydrogen (secondary N) is 2. The summed E-state index contributed by atoms with van der Waals surface area (Å²) in [6.45, 7) is 8.23. The molecule has 9 rings (SSSR count). The van der Waals surface area contributed by atoms with Gasteiger partial charge in [-0.1, -0.05) is 11.3 Å². The number of carbonyl (C=O) groups is 2. The maximum absolute atomic E-state index is 12.4. The molecule has 9 heterocycles. The number of amides is 2. The fourth-order valence-electron chi connectivity index (χ4n) is 8.33. The van der Waals surface area contributed by atoms with Gasteiger partial charge in [0.05, 0.1) is 52.0 Å². The number of piperidine rings is 2. The Morgan fingerprint density at radius 2 is 1.75 bits per heavy atom. The van der Waals surface area contributed by atoms with Gasteiger partial charge in [0.2, 0.25) is 16.9 Å². The number of nitriles is 1. The molecule has 0 aromatic carbocycles. The zero-order chi connectivity index (χ0) is 38.0. The third-order valence-electron chi connectivity index (χ3n) is 11.5. The molecule has 4 saturated heterocycles. The molecule has 0 unspecified atom stereocenters. The average Bonchev–Trinajstić information content (AvgIpc) is 3.90. The van der Waals surface area contributed by atoms with E-state index in [1.807, 2.05) is 35.1 Å². The number of piperazine rings is 1. The molecule has 2 amide bonds. The van der Waals surface area contributed by atoms with Gasteiger partial charge in [-0.05, 0) is 73.9 Å². The standard InChI is InChI=1S/C40H44N12O3S/c41-20-27-17-30-1-3-36(52(30)44-21-27)35-19-34(45-29-7-15-55-16-8-29)33(24-43-35)39-47-48-40(56-39)51-13-11-49(12-14-51)25-26-5-9-50(10-6-26)31-18-28(22-42-23-31)32-2-4-37(53)46-38(32)54/h1,3,17-19,21-24,26,29,32H,2,4-16,25H2,(H,43,45)(H,46,53,54)/t32-/m1/s1. The van der Waals surface area contributed by atoms with E-state index < -0.39 is 0 Å². The van der Waals surface area contributed by atoms with Crippen molar-refractivity contribution >= 4 is 45.2 Å². The normalized spacial score (nSPS) is 20.3. The molecule has 0 radical (unpaired) electrons. The lowest BCUT2D eigenvalue weighted by atomic mass is 9.91. The van der Waals surface area contributed by atoms with Gasteiger partial charge < -0.3 is 19.9 Å². The molecule has 0 spiro atoms. The fourth-order valence-corrected chi connectivity index (χ4v) is 9.25. The van der Waals surface area contributed by atoms with Crippen molar-refractivity contribution in [2.45, 2.75) is 50.5 Å². The highest BCUT2D eigenvalue weighted by Gasteiger charge is 2.30. The van der Waals surface area contributed by atoms with Crippen molar-refractivity contribution in [3.8, 4) is 28.0 Å². The van der Waals surface area contributed by atoms with E-state index in [-0.39, 0.29) is 23.8 Å². The maximum Gasteiger partial charge on any atom is 0.234 e. The smallest absolute Gasteiger partial charge is 0.234 e. The van der Waals surface area contributed by atoms with Crippen LogP contribution >= 0.6 is 11.3 Å². The minimum atomic E-state index is -0.320. The van der Waals surface area contributed by atoms with Crippen LogP contribution in [0.5, 0.6) is 0 Å². The van der Waals surface area contributed by atoms with E-state index in [0.29, 0.717) is 24.3 Å². The number of rotatable bonds is 9. The Morgan fingerprint density at radius 3 is 2.55 bits per heavy atom. The van der Waals surface area contributed by atoms with Crippen molar-refractivity contribution in [2.24, 2.45) is 5.92 Å². The molecule has 5 aromatic rings. The Hall–Kier alpha value is -5.50. The second-order valence-corrected chi connectivity index (χ2v) is 16.1. The Morgan fingerprint density at radius 1 is 0.911 bits per heavy atom. The van der Waals surface area contributed by atoms with Gasteiger partial charge in [0.15, 0.2) is 5.01 Å². The topological polar surface area (TPSA) is 170 Å². The predicted octanol–water partition coefficient (Wildman–Crippen LogP) is 4.33. The fraction of sp³-hybridized carbons (Fsp3) is 0.450. The van der Waals surface area contributed by atoms with Gasteiger partial charge in [-0.25, -0.2) is 4.52 Å². The molecule has 56 heavy (non-hydrogen) atoms. The first kappa shape index (κ1) is 36.2. The van der Waals surface area contributed by atoms with E-state index in [1.54, 1.807) is 23.7 Å². The molecular weight excluding hydrogens is 729 g/mol. The monoisotopic (exact) mass is 772 g/mol. The molecule has 5 aromatic heterocycles. The first-order valence-corrected chi connectivity index (χ1v) is 20.4. The highest BCUT2D eigenvalue weighted by atomic mass is 32.1. The first-order valence-electron chi connectivity index (χ1n) is 19.5. The molecule has 0 saturated carbocycles.